The van der Waals surface area contributed by atoms with E-state index in [1.807, 2.05) is 0 Å². The van der Waals surface area contributed by atoms with Crippen LogP contribution in [0.1, 0.15) is 36.5 Å². The Morgan fingerprint density at radius 2 is 1.94 bits per heavy atom. The number of terminal acetylenes is 1. The molecular formula is C15H17Cl. The first-order valence-electron chi connectivity index (χ1n) is 5.97. The number of benzene rings is 1. The second kappa shape index (κ2) is 4.93. The highest BCUT2D eigenvalue weighted by Crippen LogP contribution is 2.28. The van der Waals surface area contributed by atoms with E-state index in [1.54, 1.807) is 0 Å². The molecule has 0 aromatic heterocycles. The molecule has 84 valence electrons. The van der Waals surface area contributed by atoms with Crippen molar-refractivity contribution in [2.75, 3.05) is 0 Å². The molecule has 0 aliphatic heterocycles. The molecule has 1 aliphatic rings. The molecule has 1 aromatic carbocycles. The van der Waals surface area contributed by atoms with Crippen LogP contribution in [0, 0.1) is 18.3 Å². The van der Waals surface area contributed by atoms with Crippen molar-refractivity contribution >= 4 is 11.6 Å². The van der Waals surface area contributed by atoms with Crippen LogP contribution < -0.4 is 0 Å². The molecule has 0 nitrogen and oxygen atoms in total. The Hall–Kier alpha value is -0.930. The molecule has 1 unspecified atom stereocenters. The Labute approximate surface area is 103 Å². The van der Waals surface area contributed by atoms with Gasteiger partial charge in [-0.05, 0) is 54.9 Å². The van der Waals surface area contributed by atoms with Gasteiger partial charge >= 0.3 is 0 Å². The van der Waals surface area contributed by atoms with E-state index < -0.39 is 0 Å². The van der Waals surface area contributed by atoms with E-state index in [9.17, 15) is 0 Å². The quantitative estimate of drug-likeness (QED) is 0.676. The first-order valence-corrected chi connectivity index (χ1v) is 6.35. The molecule has 0 heterocycles. The van der Waals surface area contributed by atoms with Gasteiger partial charge in [-0.3, -0.25) is 0 Å². The van der Waals surface area contributed by atoms with E-state index in [0.717, 1.165) is 11.4 Å². The van der Waals surface area contributed by atoms with Gasteiger partial charge in [0.1, 0.15) is 0 Å². The SMILES string of the molecule is C#CC(C)Cc1cc2c(cc1Cl)CCCC2. The minimum absolute atomic E-state index is 0.263. The fourth-order valence-electron chi connectivity index (χ4n) is 2.35. The van der Waals surface area contributed by atoms with Crippen LogP contribution in [0.2, 0.25) is 5.02 Å². The van der Waals surface area contributed by atoms with Gasteiger partial charge in [-0.2, -0.15) is 0 Å². The van der Waals surface area contributed by atoms with Gasteiger partial charge in [0.05, 0.1) is 0 Å². The minimum atomic E-state index is 0.263. The van der Waals surface area contributed by atoms with E-state index in [2.05, 4.69) is 25.0 Å². The Morgan fingerprint density at radius 3 is 2.56 bits per heavy atom. The highest BCUT2D eigenvalue weighted by molar-refractivity contribution is 6.31. The highest BCUT2D eigenvalue weighted by Gasteiger charge is 2.13. The topological polar surface area (TPSA) is 0 Å². The average Bonchev–Trinajstić information content (AvgIpc) is 2.30. The molecule has 0 N–H and O–H groups in total. The van der Waals surface area contributed by atoms with Crippen LogP contribution in [0.3, 0.4) is 0 Å². The molecule has 0 radical (unpaired) electrons. The summed E-state index contributed by atoms with van der Waals surface area (Å²) in [6.45, 7) is 2.07. The molecule has 1 aromatic rings. The van der Waals surface area contributed by atoms with Gasteiger partial charge in [0.2, 0.25) is 0 Å². The lowest BCUT2D eigenvalue weighted by molar-refractivity contribution is 0.681. The molecule has 16 heavy (non-hydrogen) atoms. The number of hydrogen-bond donors (Lipinski definition) is 0. The van der Waals surface area contributed by atoms with Gasteiger partial charge < -0.3 is 0 Å². The van der Waals surface area contributed by atoms with Crippen molar-refractivity contribution < 1.29 is 0 Å². The largest absolute Gasteiger partial charge is 0.120 e. The van der Waals surface area contributed by atoms with Crippen LogP contribution in [-0.4, -0.2) is 0 Å². The zero-order valence-corrected chi connectivity index (χ0v) is 10.5. The highest BCUT2D eigenvalue weighted by atomic mass is 35.5. The average molecular weight is 233 g/mol. The van der Waals surface area contributed by atoms with Crippen molar-refractivity contribution in [3.05, 3.63) is 33.8 Å². The minimum Gasteiger partial charge on any atom is -0.120 e. The van der Waals surface area contributed by atoms with Crippen LogP contribution in [0.4, 0.5) is 0 Å². The summed E-state index contributed by atoms with van der Waals surface area (Å²) in [6.07, 6.45) is 11.3. The molecule has 0 spiro atoms. The van der Waals surface area contributed by atoms with E-state index in [4.69, 9.17) is 18.0 Å². The van der Waals surface area contributed by atoms with E-state index >= 15 is 0 Å². The third-order valence-corrected chi connectivity index (χ3v) is 3.67. The lowest BCUT2D eigenvalue weighted by Crippen LogP contribution is -2.05. The zero-order valence-electron chi connectivity index (χ0n) is 9.72. The standard InChI is InChI=1S/C15H17Cl/c1-3-11(2)8-14-9-12-6-4-5-7-13(12)10-15(14)16/h1,9-11H,4-8H2,2H3. The number of hydrogen-bond acceptors (Lipinski definition) is 0. The Morgan fingerprint density at radius 1 is 1.31 bits per heavy atom. The number of halogens is 1. The van der Waals surface area contributed by atoms with Gasteiger partial charge in [-0.1, -0.05) is 24.6 Å². The second-order valence-electron chi connectivity index (χ2n) is 4.69. The third-order valence-electron chi connectivity index (χ3n) is 3.32. The van der Waals surface area contributed by atoms with Gasteiger partial charge in [-0.25, -0.2) is 0 Å². The maximum atomic E-state index is 6.29. The molecule has 1 aliphatic carbocycles. The number of fused-ring (bicyclic) bond motifs is 1. The molecule has 0 fully saturated rings. The second-order valence-corrected chi connectivity index (χ2v) is 5.10. The summed E-state index contributed by atoms with van der Waals surface area (Å²) in [6, 6.07) is 4.42. The zero-order chi connectivity index (χ0) is 11.5. The van der Waals surface area contributed by atoms with Gasteiger partial charge in [0.15, 0.2) is 0 Å². The van der Waals surface area contributed by atoms with Crippen molar-refractivity contribution in [3.63, 3.8) is 0 Å². The summed E-state index contributed by atoms with van der Waals surface area (Å²) >= 11 is 6.29. The van der Waals surface area contributed by atoms with Gasteiger partial charge in [0.25, 0.3) is 0 Å². The van der Waals surface area contributed by atoms with Crippen molar-refractivity contribution in [3.8, 4) is 12.3 Å². The summed E-state index contributed by atoms with van der Waals surface area (Å²) < 4.78 is 0. The lowest BCUT2D eigenvalue weighted by atomic mass is 9.89. The van der Waals surface area contributed by atoms with Crippen LogP contribution in [0.5, 0.6) is 0 Å². The third kappa shape index (κ3) is 2.42. The van der Waals surface area contributed by atoms with E-state index in [1.165, 1.54) is 42.4 Å². The predicted octanol–water partition coefficient (Wildman–Crippen LogP) is 4.03. The lowest BCUT2D eigenvalue weighted by Gasteiger charge is -2.18. The maximum absolute atomic E-state index is 6.29. The molecule has 0 bridgehead atoms. The van der Waals surface area contributed by atoms with Crippen molar-refractivity contribution in [2.24, 2.45) is 5.92 Å². The molecule has 0 saturated heterocycles. The Bertz CT molecular complexity index is 426. The monoisotopic (exact) mass is 232 g/mol. The molecule has 1 heteroatoms. The Balaban J connectivity index is 2.29. The summed E-state index contributed by atoms with van der Waals surface area (Å²) in [7, 11) is 0. The van der Waals surface area contributed by atoms with E-state index in [0.29, 0.717) is 0 Å². The number of aryl methyl sites for hydroxylation is 2. The van der Waals surface area contributed by atoms with E-state index in [-0.39, 0.29) is 5.92 Å². The summed E-state index contributed by atoms with van der Waals surface area (Å²) in [5, 5.41) is 0.891. The molecule has 2 rings (SSSR count). The predicted molar refractivity (Wildman–Crippen MR) is 69.8 cm³/mol. The van der Waals surface area contributed by atoms with Crippen molar-refractivity contribution in [1.82, 2.24) is 0 Å². The molecular weight excluding hydrogens is 216 g/mol. The van der Waals surface area contributed by atoms with Gasteiger partial charge in [-0.15, -0.1) is 12.3 Å². The maximum Gasteiger partial charge on any atom is 0.0441 e. The fourth-order valence-corrected chi connectivity index (χ4v) is 2.62. The van der Waals surface area contributed by atoms with Crippen molar-refractivity contribution in [1.29, 1.82) is 0 Å². The fraction of sp³-hybridized carbons (Fsp3) is 0.467. The van der Waals surface area contributed by atoms with Gasteiger partial charge in [0, 0.05) is 10.9 Å². The van der Waals surface area contributed by atoms with Crippen LogP contribution in [0.25, 0.3) is 0 Å². The van der Waals surface area contributed by atoms with Crippen LogP contribution in [0.15, 0.2) is 12.1 Å². The summed E-state index contributed by atoms with van der Waals surface area (Å²) in [5.74, 6) is 3.03. The smallest absolute Gasteiger partial charge is 0.0441 e. The van der Waals surface area contributed by atoms with Crippen molar-refractivity contribution in [2.45, 2.75) is 39.0 Å². The summed E-state index contributed by atoms with van der Waals surface area (Å²) in [5.41, 5.74) is 4.14. The molecule has 1 atom stereocenters. The Kier molecular flexibility index (Phi) is 3.56. The van der Waals surface area contributed by atoms with Crippen LogP contribution in [-0.2, 0) is 19.3 Å². The first kappa shape index (κ1) is 11.6. The van der Waals surface area contributed by atoms with Crippen LogP contribution >= 0.6 is 11.6 Å². The normalized spacial score (nSPS) is 16.3. The first-order chi connectivity index (χ1) is 7.70. The summed E-state index contributed by atoms with van der Waals surface area (Å²) in [4.78, 5) is 0. The molecule has 0 saturated carbocycles. The molecule has 0 amide bonds. The number of rotatable bonds is 2.